The van der Waals surface area contributed by atoms with E-state index in [4.69, 9.17) is 0 Å². The van der Waals surface area contributed by atoms with Crippen LogP contribution in [-0.2, 0) is 0 Å². The second kappa shape index (κ2) is 6.81. The summed E-state index contributed by atoms with van der Waals surface area (Å²) in [6.45, 7) is 0.0905. The van der Waals surface area contributed by atoms with E-state index in [1.807, 2.05) is 42.5 Å². The Labute approximate surface area is 149 Å². The molecule has 0 aliphatic heterocycles. The fraction of sp³-hybridized carbons (Fsp3) is 0.105. The standard InChI is InChI=1S/C19H17N5O2/c25-16(15-7-3-5-13-4-1-2-6-14(13)15)12-21-19(26)23-18-8-10-20-17-9-11-22-24(17)18/h1-11,16,25H,12H2,(H2,21,23,26). The molecule has 7 nitrogen and oxygen atoms in total. The number of amides is 2. The van der Waals surface area contributed by atoms with Gasteiger partial charge in [-0.15, -0.1) is 0 Å². The van der Waals surface area contributed by atoms with E-state index in [9.17, 15) is 9.90 Å². The lowest BCUT2D eigenvalue weighted by Gasteiger charge is -2.15. The number of urea groups is 1. The second-order valence-electron chi connectivity index (χ2n) is 5.85. The van der Waals surface area contributed by atoms with Crippen LogP contribution in [0.25, 0.3) is 16.4 Å². The number of nitrogens with one attached hydrogen (secondary N) is 2. The monoisotopic (exact) mass is 347 g/mol. The summed E-state index contributed by atoms with van der Waals surface area (Å²) < 4.78 is 1.53. The third kappa shape index (κ3) is 3.07. The highest BCUT2D eigenvalue weighted by atomic mass is 16.3. The van der Waals surface area contributed by atoms with E-state index < -0.39 is 12.1 Å². The number of anilines is 1. The van der Waals surface area contributed by atoms with Gasteiger partial charge < -0.3 is 10.4 Å². The number of aromatic nitrogens is 3. The van der Waals surface area contributed by atoms with E-state index >= 15 is 0 Å². The van der Waals surface area contributed by atoms with Crippen molar-refractivity contribution in [2.75, 3.05) is 11.9 Å². The molecule has 1 atom stereocenters. The zero-order chi connectivity index (χ0) is 17.9. The Balaban J connectivity index is 1.45. The van der Waals surface area contributed by atoms with Crippen molar-refractivity contribution in [1.82, 2.24) is 19.9 Å². The fourth-order valence-corrected chi connectivity index (χ4v) is 2.93. The van der Waals surface area contributed by atoms with Gasteiger partial charge in [-0.2, -0.15) is 9.61 Å². The summed E-state index contributed by atoms with van der Waals surface area (Å²) in [4.78, 5) is 16.3. The van der Waals surface area contributed by atoms with E-state index in [1.165, 1.54) is 4.52 Å². The highest BCUT2D eigenvalue weighted by Gasteiger charge is 2.13. The summed E-state index contributed by atoms with van der Waals surface area (Å²) in [5.74, 6) is 0.497. The Morgan fingerprint density at radius 1 is 1.08 bits per heavy atom. The van der Waals surface area contributed by atoms with Gasteiger partial charge in [-0.1, -0.05) is 42.5 Å². The molecule has 3 N–H and O–H groups in total. The van der Waals surface area contributed by atoms with Gasteiger partial charge in [0.1, 0.15) is 5.82 Å². The number of aliphatic hydroxyl groups is 1. The summed E-state index contributed by atoms with van der Waals surface area (Å²) in [5.41, 5.74) is 1.42. The van der Waals surface area contributed by atoms with Gasteiger partial charge in [0.25, 0.3) is 0 Å². The summed E-state index contributed by atoms with van der Waals surface area (Å²) in [6, 6.07) is 16.6. The minimum Gasteiger partial charge on any atom is -0.387 e. The fourth-order valence-electron chi connectivity index (χ4n) is 2.93. The van der Waals surface area contributed by atoms with Crippen LogP contribution in [0.15, 0.2) is 67.0 Å². The molecule has 0 aliphatic rings. The second-order valence-corrected chi connectivity index (χ2v) is 5.85. The van der Waals surface area contributed by atoms with Crippen molar-refractivity contribution in [2.45, 2.75) is 6.10 Å². The van der Waals surface area contributed by atoms with Crippen LogP contribution < -0.4 is 10.6 Å². The topological polar surface area (TPSA) is 91.5 Å². The lowest BCUT2D eigenvalue weighted by atomic mass is 10.0. The summed E-state index contributed by atoms with van der Waals surface area (Å²) in [7, 11) is 0. The Bertz CT molecular complexity index is 1070. The summed E-state index contributed by atoms with van der Waals surface area (Å²) in [5, 5.41) is 22.0. The molecule has 7 heteroatoms. The molecular weight excluding hydrogens is 330 g/mol. The van der Waals surface area contributed by atoms with Crippen LogP contribution in [0, 0.1) is 0 Å². The summed E-state index contributed by atoms with van der Waals surface area (Å²) >= 11 is 0. The number of hydrogen-bond donors (Lipinski definition) is 3. The Kier molecular flexibility index (Phi) is 4.20. The van der Waals surface area contributed by atoms with Gasteiger partial charge in [0.05, 0.1) is 12.3 Å². The highest BCUT2D eigenvalue weighted by molar-refractivity contribution is 5.89. The number of nitrogens with zero attached hydrogens (tertiary/aromatic N) is 3. The van der Waals surface area contributed by atoms with Crippen molar-refractivity contribution in [3.8, 4) is 0 Å². The van der Waals surface area contributed by atoms with Gasteiger partial charge in [0.15, 0.2) is 5.65 Å². The predicted molar refractivity (Wildman–Crippen MR) is 98.9 cm³/mol. The predicted octanol–water partition coefficient (Wildman–Crippen LogP) is 2.74. The van der Waals surface area contributed by atoms with Gasteiger partial charge in [-0.05, 0) is 22.4 Å². The van der Waals surface area contributed by atoms with Crippen molar-refractivity contribution in [3.05, 3.63) is 72.6 Å². The van der Waals surface area contributed by atoms with Gasteiger partial charge in [0.2, 0.25) is 0 Å². The lowest BCUT2D eigenvalue weighted by molar-refractivity contribution is 0.176. The van der Waals surface area contributed by atoms with Crippen LogP contribution >= 0.6 is 0 Å². The molecule has 4 rings (SSSR count). The molecule has 130 valence electrons. The van der Waals surface area contributed by atoms with Crippen molar-refractivity contribution < 1.29 is 9.90 Å². The number of hydrogen-bond acceptors (Lipinski definition) is 4. The van der Waals surface area contributed by atoms with Crippen molar-refractivity contribution in [3.63, 3.8) is 0 Å². The van der Waals surface area contributed by atoms with E-state index in [0.717, 1.165) is 16.3 Å². The number of fused-ring (bicyclic) bond motifs is 2. The lowest BCUT2D eigenvalue weighted by Crippen LogP contribution is -2.33. The van der Waals surface area contributed by atoms with E-state index in [-0.39, 0.29) is 6.54 Å². The number of benzene rings is 2. The number of carbonyl (C=O) groups is 1. The average molecular weight is 347 g/mol. The third-order valence-corrected chi connectivity index (χ3v) is 4.17. The van der Waals surface area contributed by atoms with Gasteiger partial charge in [0, 0.05) is 18.8 Å². The molecular formula is C19H17N5O2. The SMILES string of the molecule is O=C(NCC(O)c1cccc2ccccc12)Nc1ccnc2ccnn12. The highest BCUT2D eigenvalue weighted by Crippen LogP contribution is 2.23. The maximum Gasteiger partial charge on any atom is 0.320 e. The van der Waals surface area contributed by atoms with Crippen molar-refractivity contribution in [2.24, 2.45) is 0 Å². The van der Waals surface area contributed by atoms with Crippen LogP contribution in [0.4, 0.5) is 10.6 Å². The molecule has 0 spiro atoms. The van der Waals surface area contributed by atoms with Crippen LogP contribution in [0.2, 0.25) is 0 Å². The first-order valence-electron chi connectivity index (χ1n) is 8.22. The molecule has 26 heavy (non-hydrogen) atoms. The van der Waals surface area contributed by atoms with E-state index in [0.29, 0.717) is 11.5 Å². The van der Waals surface area contributed by atoms with Crippen LogP contribution in [0.5, 0.6) is 0 Å². The Morgan fingerprint density at radius 2 is 1.92 bits per heavy atom. The first-order valence-corrected chi connectivity index (χ1v) is 8.22. The molecule has 0 aliphatic carbocycles. The molecule has 0 radical (unpaired) electrons. The van der Waals surface area contributed by atoms with Crippen LogP contribution in [0.1, 0.15) is 11.7 Å². The zero-order valence-corrected chi connectivity index (χ0v) is 13.8. The zero-order valence-electron chi connectivity index (χ0n) is 13.8. The molecule has 2 amide bonds. The smallest absolute Gasteiger partial charge is 0.320 e. The molecule has 0 saturated carbocycles. The molecule has 0 fully saturated rings. The largest absolute Gasteiger partial charge is 0.387 e. The molecule has 2 aromatic carbocycles. The van der Waals surface area contributed by atoms with Gasteiger partial charge in [-0.25, -0.2) is 9.78 Å². The molecule has 2 heterocycles. The quantitative estimate of drug-likeness (QED) is 0.529. The molecule has 0 saturated heterocycles. The molecule has 0 bridgehead atoms. The number of aliphatic hydroxyl groups excluding tert-OH is 1. The number of rotatable bonds is 4. The minimum absolute atomic E-state index is 0.0905. The van der Waals surface area contributed by atoms with Crippen molar-refractivity contribution in [1.29, 1.82) is 0 Å². The van der Waals surface area contributed by atoms with E-state index in [2.05, 4.69) is 20.7 Å². The maximum atomic E-state index is 12.2. The van der Waals surface area contributed by atoms with Gasteiger partial charge in [-0.3, -0.25) is 5.32 Å². The minimum atomic E-state index is -0.811. The van der Waals surface area contributed by atoms with Gasteiger partial charge >= 0.3 is 6.03 Å². The van der Waals surface area contributed by atoms with Crippen LogP contribution in [-0.4, -0.2) is 32.3 Å². The molecule has 2 aromatic heterocycles. The van der Waals surface area contributed by atoms with Crippen molar-refractivity contribution >= 4 is 28.3 Å². The molecule has 1 unspecified atom stereocenters. The van der Waals surface area contributed by atoms with E-state index in [1.54, 1.807) is 24.5 Å². The first kappa shape index (κ1) is 16.0. The number of carbonyl (C=O) groups excluding carboxylic acids is 1. The normalized spacial score (nSPS) is 12.2. The first-order chi connectivity index (χ1) is 12.7. The molecule has 4 aromatic rings. The van der Waals surface area contributed by atoms with Crippen LogP contribution in [0.3, 0.4) is 0 Å². The Morgan fingerprint density at radius 3 is 2.85 bits per heavy atom. The average Bonchev–Trinajstić information content (AvgIpc) is 3.15. The maximum absolute atomic E-state index is 12.2. The summed E-state index contributed by atoms with van der Waals surface area (Å²) in [6.07, 6.45) is 2.39. The Hall–Kier alpha value is -3.45. The third-order valence-electron chi connectivity index (χ3n) is 4.17.